The molecule has 14 heteroatoms. The van der Waals surface area contributed by atoms with Crippen LogP contribution in [0.5, 0.6) is 0 Å². The summed E-state index contributed by atoms with van der Waals surface area (Å²) in [6, 6.07) is 0. The highest BCUT2D eigenvalue weighted by Gasteiger charge is 2.47. The number of carbonyl (C=O) groups is 1. The first-order valence-corrected chi connectivity index (χ1v) is 20.6. The van der Waals surface area contributed by atoms with Gasteiger partial charge >= 0.3 is 5.97 Å². The molecule has 14 nitrogen and oxygen atoms in total. The van der Waals surface area contributed by atoms with E-state index in [1.54, 1.807) is 0 Å². The van der Waals surface area contributed by atoms with Crippen LogP contribution in [0.25, 0.3) is 0 Å². The molecule has 53 heavy (non-hydrogen) atoms. The van der Waals surface area contributed by atoms with Crippen LogP contribution in [0.15, 0.2) is 0 Å². The molecule has 0 saturated carbocycles. The molecule has 11 unspecified atom stereocenters. The van der Waals surface area contributed by atoms with E-state index in [2.05, 4.69) is 13.8 Å². The Balaban J connectivity index is 1.86. The largest absolute Gasteiger partial charge is 0.457 e. The normalized spacial score (nSPS) is 29.7. The topological polar surface area (TPSA) is 214 Å². The van der Waals surface area contributed by atoms with E-state index in [0.29, 0.717) is 13.0 Å². The molecule has 0 aromatic rings. The SMILES string of the molecule is CCCCCCCCCCCCOCC(COC1OC(COC2OC(CO)C(O)C(O)C2O)C(O)C(O)C1O)OC(=O)CCCCCCCCCCC. The molecule has 0 amide bonds. The van der Waals surface area contributed by atoms with Crippen molar-refractivity contribution in [3.05, 3.63) is 0 Å². The van der Waals surface area contributed by atoms with Crippen LogP contribution in [0.4, 0.5) is 0 Å². The third kappa shape index (κ3) is 19.1. The fraction of sp³-hybridized carbons (Fsp3) is 0.974. The van der Waals surface area contributed by atoms with Gasteiger partial charge in [-0.05, 0) is 12.8 Å². The Hall–Kier alpha value is -1.01. The fourth-order valence-corrected chi connectivity index (χ4v) is 6.64. The lowest BCUT2D eigenvalue weighted by atomic mass is 9.98. The third-order valence-electron chi connectivity index (χ3n) is 10.1. The van der Waals surface area contributed by atoms with Crippen molar-refractivity contribution < 1.29 is 69.0 Å². The highest BCUT2D eigenvalue weighted by molar-refractivity contribution is 5.69. The number of unbranched alkanes of at least 4 members (excludes halogenated alkanes) is 17. The van der Waals surface area contributed by atoms with Crippen molar-refractivity contribution >= 4 is 5.97 Å². The molecule has 0 spiro atoms. The number of hydrogen-bond donors (Lipinski definition) is 7. The van der Waals surface area contributed by atoms with E-state index in [0.717, 1.165) is 38.5 Å². The first-order chi connectivity index (χ1) is 25.6. The van der Waals surface area contributed by atoms with E-state index in [1.807, 2.05) is 0 Å². The van der Waals surface area contributed by atoms with Crippen molar-refractivity contribution in [1.29, 1.82) is 0 Å². The van der Waals surface area contributed by atoms with Gasteiger partial charge in [0.2, 0.25) is 0 Å². The van der Waals surface area contributed by atoms with E-state index < -0.39 is 80.7 Å². The Bertz CT molecular complexity index is 896. The molecule has 2 heterocycles. The second-order valence-electron chi connectivity index (χ2n) is 14.8. The summed E-state index contributed by atoms with van der Waals surface area (Å²) in [5.74, 6) is -0.379. The van der Waals surface area contributed by atoms with E-state index in [-0.39, 0.29) is 25.6 Å². The van der Waals surface area contributed by atoms with Crippen molar-refractivity contribution in [2.45, 2.75) is 210 Å². The number of hydrogen-bond acceptors (Lipinski definition) is 14. The molecule has 0 aromatic heterocycles. The molecule has 314 valence electrons. The number of esters is 1. The van der Waals surface area contributed by atoms with Gasteiger partial charge in [0, 0.05) is 13.0 Å². The Kier molecular flexibility index (Phi) is 26.6. The maximum Gasteiger partial charge on any atom is 0.306 e. The summed E-state index contributed by atoms with van der Waals surface area (Å²) in [5, 5.41) is 71.6. The Morgan fingerprint density at radius 1 is 0.547 bits per heavy atom. The molecule has 2 saturated heterocycles. The molecule has 0 aromatic carbocycles. The van der Waals surface area contributed by atoms with Gasteiger partial charge in [0.1, 0.15) is 54.9 Å². The Morgan fingerprint density at radius 2 is 1.00 bits per heavy atom. The van der Waals surface area contributed by atoms with Gasteiger partial charge in [-0.3, -0.25) is 4.79 Å². The summed E-state index contributed by atoms with van der Waals surface area (Å²) in [6.45, 7) is 3.64. The van der Waals surface area contributed by atoms with E-state index >= 15 is 0 Å². The Labute approximate surface area is 317 Å². The average molecular weight is 767 g/mol. The van der Waals surface area contributed by atoms with E-state index in [4.69, 9.17) is 28.4 Å². The molecule has 2 fully saturated rings. The predicted octanol–water partition coefficient (Wildman–Crippen LogP) is 3.40. The van der Waals surface area contributed by atoms with Gasteiger partial charge in [0.25, 0.3) is 0 Å². The second-order valence-corrected chi connectivity index (χ2v) is 14.8. The van der Waals surface area contributed by atoms with Crippen LogP contribution in [0.1, 0.15) is 142 Å². The molecular formula is C39H74O14. The lowest BCUT2D eigenvalue weighted by Gasteiger charge is -2.42. The Morgan fingerprint density at radius 3 is 1.53 bits per heavy atom. The van der Waals surface area contributed by atoms with Crippen molar-refractivity contribution in [1.82, 2.24) is 0 Å². The molecule has 2 rings (SSSR count). The molecule has 2 aliphatic rings. The van der Waals surface area contributed by atoms with Gasteiger partial charge in [-0.15, -0.1) is 0 Å². The van der Waals surface area contributed by atoms with Crippen molar-refractivity contribution in [2.24, 2.45) is 0 Å². The summed E-state index contributed by atoms with van der Waals surface area (Å²) in [7, 11) is 0. The van der Waals surface area contributed by atoms with Gasteiger partial charge in [-0.2, -0.15) is 0 Å². The quantitative estimate of drug-likeness (QED) is 0.0398. The number of carbonyl (C=O) groups excluding carboxylic acids is 1. The van der Waals surface area contributed by atoms with Gasteiger partial charge in [0.15, 0.2) is 12.6 Å². The van der Waals surface area contributed by atoms with Crippen LogP contribution in [-0.2, 0) is 33.2 Å². The van der Waals surface area contributed by atoms with E-state index in [9.17, 15) is 40.5 Å². The number of ether oxygens (including phenoxy) is 6. The first-order valence-electron chi connectivity index (χ1n) is 20.6. The summed E-state index contributed by atoms with van der Waals surface area (Å²) in [6.07, 6.45) is 6.22. The molecule has 0 bridgehead atoms. The molecule has 2 aliphatic heterocycles. The standard InChI is InChI=1S/C39H74O14/c1-3-5-7-9-11-13-15-17-19-21-23-48-25-28(51-31(41)22-20-18-16-14-12-10-8-6-4-2)26-49-38-37(47)35(45)33(43)30(53-38)27-50-39-36(46)34(44)32(42)29(24-40)52-39/h28-30,32-40,42-47H,3-27H2,1-2H3. The van der Waals surface area contributed by atoms with Crippen LogP contribution < -0.4 is 0 Å². The summed E-state index contributed by atoms with van der Waals surface area (Å²) in [4.78, 5) is 12.8. The second kappa shape index (κ2) is 29.3. The zero-order chi connectivity index (χ0) is 38.8. The number of aliphatic hydroxyl groups is 7. The minimum absolute atomic E-state index is 0.0680. The lowest BCUT2D eigenvalue weighted by Crippen LogP contribution is -2.61. The van der Waals surface area contributed by atoms with Crippen LogP contribution >= 0.6 is 0 Å². The highest BCUT2D eigenvalue weighted by Crippen LogP contribution is 2.26. The van der Waals surface area contributed by atoms with Crippen LogP contribution in [0, 0.1) is 0 Å². The smallest absolute Gasteiger partial charge is 0.306 e. The summed E-state index contributed by atoms with van der Waals surface area (Å²) in [5.41, 5.74) is 0. The maximum atomic E-state index is 12.8. The monoisotopic (exact) mass is 767 g/mol. The predicted molar refractivity (Wildman–Crippen MR) is 197 cm³/mol. The van der Waals surface area contributed by atoms with Crippen molar-refractivity contribution in [2.75, 3.05) is 33.0 Å². The zero-order valence-electron chi connectivity index (χ0n) is 32.5. The van der Waals surface area contributed by atoms with Gasteiger partial charge in [-0.25, -0.2) is 0 Å². The average Bonchev–Trinajstić information content (AvgIpc) is 3.15. The minimum atomic E-state index is -1.70. The van der Waals surface area contributed by atoms with Gasteiger partial charge in [-0.1, -0.05) is 123 Å². The molecule has 11 atom stereocenters. The first kappa shape index (κ1) is 48.1. The van der Waals surface area contributed by atoms with Crippen molar-refractivity contribution in [3.8, 4) is 0 Å². The van der Waals surface area contributed by atoms with Gasteiger partial charge < -0.3 is 64.2 Å². The van der Waals surface area contributed by atoms with Crippen LogP contribution in [0.2, 0.25) is 0 Å². The third-order valence-corrected chi connectivity index (χ3v) is 10.1. The minimum Gasteiger partial charge on any atom is -0.457 e. The molecule has 7 N–H and O–H groups in total. The number of aliphatic hydroxyl groups excluding tert-OH is 7. The fourth-order valence-electron chi connectivity index (χ4n) is 6.64. The molecule has 0 radical (unpaired) electrons. The molecular weight excluding hydrogens is 692 g/mol. The zero-order valence-corrected chi connectivity index (χ0v) is 32.5. The van der Waals surface area contributed by atoms with Crippen LogP contribution in [-0.4, -0.2) is 142 Å². The maximum absolute atomic E-state index is 12.8. The lowest BCUT2D eigenvalue weighted by molar-refractivity contribution is -0.332. The van der Waals surface area contributed by atoms with Crippen molar-refractivity contribution in [3.63, 3.8) is 0 Å². The summed E-state index contributed by atoms with van der Waals surface area (Å²) < 4.78 is 34.0. The molecule has 0 aliphatic carbocycles. The summed E-state index contributed by atoms with van der Waals surface area (Å²) >= 11 is 0. The van der Waals surface area contributed by atoms with Crippen LogP contribution in [0.3, 0.4) is 0 Å². The highest BCUT2D eigenvalue weighted by atomic mass is 16.7. The van der Waals surface area contributed by atoms with E-state index in [1.165, 1.54) is 77.0 Å². The number of rotatable bonds is 31. The van der Waals surface area contributed by atoms with Gasteiger partial charge in [0.05, 0.1) is 26.4 Å².